The number of hydrogen-bond acceptors (Lipinski definition) is 4. The first kappa shape index (κ1) is 27.2. The number of ether oxygens (including phenoxy) is 1. The van der Waals surface area contributed by atoms with Crippen molar-refractivity contribution in [1.29, 1.82) is 0 Å². The maximum absolute atomic E-state index is 13.9. The van der Waals surface area contributed by atoms with Gasteiger partial charge in [-0.3, -0.25) is 19.3 Å². The highest BCUT2D eigenvalue weighted by Crippen LogP contribution is 2.23. The Morgan fingerprint density at radius 2 is 0.973 bits per heavy atom. The minimum absolute atomic E-state index is 0.143. The second-order valence-corrected chi connectivity index (χ2v) is 7.75. The zero-order valence-corrected chi connectivity index (χ0v) is 19.1. The molecule has 12 heteroatoms. The van der Waals surface area contributed by atoms with Crippen molar-refractivity contribution in [2.75, 3.05) is 30.0 Å². The molecule has 0 radical (unpaired) electrons. The normalized spacial score (nSPS) is 10.7. The molecule has 2 amide bonds. The van der Waals surface area contributed by atoms with Crippen LogP contribution in [0, 0.1) is 34.9 Å². The molecule has 0 saturated carbocycles. The molecule has 3 aromatic carbocycles. The minimum Gasteiger partial charge on any atom is -0.468 e. The minimum atomic E-state index is -1.10. The number of carbonyl (C=O) groups is 3. The quantitative estimate of drug-likeness (QED) is 0.326. The highest BCUT2D eigenvalue weighted by Gasteiger charge is 2.27. The Bertz CT molecular complexity index is 1290. The van der Waals surface area contributed by atoms with Crippen molar-refractivity contribution < 1.29 is 45.5 Å². The molecule has 194 valence electrons. The molecule has 0 unspecified atom stereocenters. The number of benzene rings is 3. The summed E-state index contributed by atoms with van der Waals surface area (Å²) in [6.45, 7) is -1.80. The number of hydrogen-bond donors (Lipinski definition) is 0. The predicted molar refractivity (Wildman–Crippen MR) is 120 cm³/mol. The molecule has 0 spiro atoms. The number of methoxy groups -OCH3 is 1. The zero-order valence-electron chi connectivity index (χ0n) is 19.1. The van der Waals surface area contributed by atoms with Gasteiger partial charge < -0.3 is 9.64 Å². The average molecular weight is 524 g/mol. The molecular formula is C25H18F6N2O4. The van der Waals surface area contributed by atoms with Gasteiger partial charge in [-0.1, -0.05) is 0 Å². The molecule has 0 fully saturated rings. The number of halogens is 6. The van der Waals surface area contributed by atoms with E-state index >= 15 is 0 Å². The lowest BCUT2D eigenvalue weighted by molar-refractivity contribution is -0.140. The van der Waals surface area contributed by atoms with Crippen LogP contribution in [0.3, 0.4) is 0 Å². The molecule has 0 aromatic heterocycles. The number of carbonyl (C=O) groups excluding carboxylic acids is 3. The topological polar surface area (TPSA) is 66.9 Å². The molecule has 6 nitrogen and oxygen atoms in total. The van der Waals surface area contributed by atoms with Gasteiger partial charge >= 0.3 is 5.97 Å². The van der Waals surface area contributed by atoms with Gasteiger partial charge in [-0.15, -0.1) is 0 Å². The first-order chi connectivity index (χ1) is 17.4. The van der Waals surface area contributed by atoms with Crippen LogP contribution in [0.2, 0.25) is 0 Å². The average Bonchev–Trinajstić information content (AvgIpc) is 2.78. The van der Waals surface area contributed by atoms with Gasteiger partial charge in [0.25, 0.3) is 0 Å². The molecule has 0 atom stereocenters. The van der Waals surface area contributed by atoms with Gasteiger partial charge in [0.1, 0.15) is 48.0 Å². The third-order valence-corrected chi connectivity index (χ3v) is 5.01. The van der Waals surface area contributed by atoms with Gasteiger partial charge in [-0.05, 0) is 42.0 Å². The summed E-state index contributed by atoms with van der Waals surface area (Å²) in [6, 6.07) is 6.25. The Balaban J connectivity index is 2.00. The smallest absolute Gasteiger partial charge is 0.325 e. The van der Waals surface area contributed by atoms with Gasteiger partial charge in [-0.25, -0.2) is 26.3 Å². The van der Waals surface area contributed by atoms with E-state index in [1.165, 1.54) is 0 Å². The Labute approximate surface area is 206 Å². The van der Waals surface area contributed by atoms with Crippen LogP contribution in [0.5, 0.6) is 0 Å². The van der Waals surface area contributed by atoms with Crippen molar-refractivity contribution in [2.24, 2.45) is 0 Å². The molecule has 0 heterocycles. The van der Waals surface area contributed by atoms with Crippen LogP contribution in [0.25, 0.3) is 0 Å². The van der Waals surface area contributed by atoms with E-state index in [4.69, 9.17) is 0 Å². The fourth-order valence-electron chi connectivity index (χ4n) is 3.43. The molecule has 0 aliphatic heterocycles. The van der Waals surface area contributed by atoms with Gasteiger partial charge in [-0.2, -0.15) is 0 Å². The molecule has 0 saturated heterocycles. The molecule has 0 aliphatic rings. The lowest BCUT2D eigenvalue weighted by atomic mass is 10.1. The van der Waals surface area contributed by atoms with Crippen molar-refractivity contribution in [3.8, 4) is 0 Å². The fourth-order valence-corrected chi connectivity index (χ4v) is 3.43. The highest BCUT2D eigenvalue weighted by molar-refractivity contribution is 6.05. The van der Waals surface area contributed by atoms with E-state index in [1.807, 2.05) is 0 Å². The SMILES string of the molecule is COC(=O)CN(C(=O)CN(C(=O)Cc1cc(F)cc(F)c1)c1cc(F)cc(F)c1)c1cc(F)cc(F)c1. The van der Waals surface area contributed by atoms with E-state index in [0.29, 0.717) is 28.0 Å². The Kier molecular flexibility index (Phi) is 8.53. The Morgan fingerprint density at radius 1 is 0.595 bits per heavy atom. The van der Waals surface area contributed by atoms with Crippen LogP contribution < -0.4 is 9.80 Å². The second-order valence-electron chi connectivity index (χ2n) is 7.75. The molecule has 3 aromatic rings. The molecular weight excluding hydrogens is 506 g/mol. The van der Waals surface area contributed by atoms with Crippen molar-refractivity contribution in [3.63, 3.8) is 0 Å². The van der Waals surface area contributed by atoms with E-state index < -0.39 is 83.6 Å². The lowest BCUT2D eigenvalue weighted by Gasteiger charge is -2.27. The maximum atomic E-state index is 13.9. The summed E-state index contributed by atoms with van der Waals surface area (Å²) < 4.78 is 87.2. The summed E-state index contributed by atoms with van der Waals surface area (Å²) in [7, 11) is 1.00. The number of nitrogens with zero attached hydrogens (tertiary/aromatic N) is 2. The summed E-state index contributed by atoms with van der Waals surface area (Å²) in [5.41, 5.74) is -0.982. The number of rotatable bonds is 8. The monoisotopic (exact) mass is 524 g/mol. The largest absolute Gasteiger partial charge is 0.468 e. The highest BCUT2D eigenvalue weighted by atomic mass is 19.2. The summed E-state index contributed by atoms with van der Waals surface area (Å²) in [4.78, 5) is 39.4. The van der Waals surface area contributed by atoms with E-state index in [2.05, 4.69) is 4.74 Å². The molecule has 0 bridgehead atoms. The summed E-state index contributed by atoms with van der Waals surface area (Å²) in [5.74, 6) is -9.42. The van der Waals surface area contributed by atoms with Crippen LogP contribution in [0.4, 0.5) is 37.7 Å². The predicted octanol–water partition coefficient (Wildman–Crippen LogP) is 4.30. The van der Waals surface area contributed by atoms with E-state index in [9.17, 15) is 40.7 Å². The third kappa shape index (κ3) is 7.32. The first-order valence-electron chi connectivity index (χ1n) is 10.5. The number of esters is 1. The van der Waals surface area contributed by atoms with Gasteiger partial charge in [0.15, 0.2) is 0 Å². The van der Waals surface area contributed by atoms with E-state index in [-0.39, 0.29) is 5.56 Å². The summed E-state index contributed by atoms with van der Waals surface area (Å²) in [6.07, 6.45) is -0.689. The zero-order chi connectivity index (χ0) is 27.3. The van der Waals surface area contributed by atoms with Crippen LogP contribution in [-0.4, -0.2) is 38.0 Å². The first-order valence-corrected chi connectivity index (χ1v) is 10.5. The molecule has 0 aliphatic carbocycles. The van der Waals surface area contributed by atoms with Crippen LogP contribution in [0.1, 0.15) is 5.56 Å². The van der Waals surface area contributed by atoms with Crippen molar-refractivity contribution in [1.82, 2.24) is 0 Å². The number of amides is 2. The van der Waals surface area contributed by atoms with Gasteiger partial charge in [0.05, 0.1) is 24.9 Å². The summed E-state index contributed by atoms with van der Waals surface area (Å²) >= 11 is 0. The summed E-state index contributed by atoms with van der Waals surface area (Å²) in [5, 5.41) is 0. The van der Waals surface area contributed by atoms with Crippen LogP contribution in [0.15, 0.2) is 54.6 Å². The van der Waals surface area contributed by atoms with Gasteiger partial charge in [0, 0.05) is 18.2 Å². The molecule has 3 rings (SSSR count). The van der Waals surface area contributed by atoms with Crippen molar-refractivity contribution >= 4 is 29.2 Å². The van der Waals surface area contributed by atoms with Gasteiger partial charge in [0.2, 0.25) is 11.8 Å². The standard InChI is InChI=1S/C25H18F6N2O4/c1-37-25(36)13-33(22-10-19(30)7-20(31)11-22)24(35)12-32(21-8-17(28)6-18(29)9-21)23(34)4-14-2-15(26)5-16(27)3-14/h2-3,5-11H,4,12-13H2,1H3. The Hall–Kier alpha value is -4.35. The second kappa shape index (κ2) is 11.6. The Morgan fingerprint density at radius 3 is 1.38 bits per heavy atom. The van der Waals surface area contributed by atoms with E-state index in [1.54, 1.807) is 0 Å². The van der Waals surface area contributed by atoms with Crippen LogP contribution >= 0.6 is 0 Å². The number of anilines is 2. The lowest BCUT2D eigenvalue weighted by Crippen LogP contribution is -2.46. The van der Waals surface area contributed by atoms with Crippen molar-refractivity contribution in [2.45, 2.75) is 6.42 Å². The van der Waals surface area contributed by atoms with E-state index in [0.717, 1.165) is 43.5 Å². The maximum Gasteiger partial charge on any atom is 0.325 e. The molecule has 37 heavy (non-hydrogen) atoms. The third-order valence-electron chi connectivity index (χ3n) is 5.01. The molecule has 0 N–H and O–H groups in total. The fraction of sp³-hybridized carbons (Fsp3) is 0.160. The van der Waals surface area contributed by atoms with Crippen molar-refractivity contribution in [3.05, 3.63) is 95.1 Å². The van der Waals surface area contributed by atoms with Crippen LogP contribution in [-0.2, 0) is 25.5 Å².